The highest BCUT2D eigenvalue weighted by atomic mass is 16.5. The number of hydrogen-bond acceptors (Lipinski definition) is 4. The van der Waals surface area contributed by atoms with E-state index in [9.17, 15) is 9.59 Å². The average Bonchev–Trinajstić information content (AvgIpc) is 3.23. The minimum atomic E-state index is -0.813. The number of aliphatic carboxylic acids is 1. The van der Waals surface area contributed by atoms with E-state index in [0.717, 1.165) is 18.2 Å². The minimum absolute atomic E-state index is 0.0835. The van der Waals surface area contributed by atoms with Gasteiger partial charge in [0.2, 0.25) is 0 Å². The molecule has 2 aromatic carbocycles. The summed E-state index contributed by atoms with van der Waals surface area (Å²) in [5, 5.41) is 9.68. The predicted molar refractivity (Wildman–Crippen MR) is 115 cm³/mol. The van der Waals surface area contributed by atoms with Gasteiger partial charge in [-0.05, 0) is 49.4 Å². The number of methoxy groups -OCH3 is 1. The van der Waals surface area contributed by atoms with Gasteiger partial charge in [0, 0.05) is 30.5 Å². The predicted octanol–water partition coefficient (Wildman–Crippen LogP) is 4.77. The highest BCUT2D eigenvalue weighted by Gasteiger charge is 2.19. The number of aryl methyl sites for hydroxylation is 1. The fraction of sp³-hybridized carbons (Fsp3) is 0.333. The van der Waals surface area contributed by atoms with Crippen molar-refractivity contribution in [1.82, 2.24) is 4.90 Å². The number of hydrogen-bond donors (Lipinski definition) is 1. The van der Waals surface area contributed by atoms with Crippen LogP contribution in [0.4, 0.5) is 0 Å². The third-order valence-electron chi connectivity index (χ3n) is 5.08. The Bertz CT molecular complexity index is 980. The van der Waals surface area contributed by atoms with Crippen molar-refractivity contribution < 1.29 is 23.8 Å². The van der Waals surface area contributed by atoms with Crippen LogP contribution in [0.5, 0.6) is 5.75 Å². The quantitative estimate of drug-likeness (QED) is 0.461. The number of nitrogens with zero attached hydrogens (tertiary/aromatic N) is 1. The molecule has 3 aromatic rings. The SMILES string of the molecule is COc1cc(C(=O)N(CCCCC(=O)O)CCCc2ccccc2)cc2ccoc12. The largest absolute Gasteiger partial charge is 0.493 e. The summed E-state index contributed by atoms with van der Waals surface area (Å²) < 4.78 is 10.8. The van der Waals surface area contributed by atoms with E-state index in [1.807, 2.05) is 29.2 Å². The number of carbonyl (C=O) groups is 2. The molecule has 0 bridgehead atoms. The second-order valence-corrected chi connectivity index (χ2v) is 7.25. The van der Waals surface area contributed by atoms with E-state index >= 15 is 0 Å². The van der Waals surface area contributed by atoms with Gasteiger partial charge in [0.05, 0.1) is 13.4 Å². The number of benzene rings is 2. The Balaban J connectivity index is 1.72. The first-order valence-corrected chi connectivity index (χ1v) is 10.2. The lowest BCUT2D eigenvalue weighted by Gasteiger charge is -2.23. The zero-order valence-electron chi connectivity index (χ0n) is 17.2. The highest BCUT2D eigenvalue weighted by Crippen LogP contribution is 2.29. The average molecular weight is 409 g/mol. The van der Waals surface area contributed by atoms with Gasteiger partial charge in [-0.3, -0.25) is 9.59 Å². The van der Waals surface area contributed by atoms with E-state index in [4.69, 9.17) is 14.3 Å². The zero-order chi connectivity index (χ0) is 21.3. The summed E-state index contributed by atoms with van der Waals surface area (Å²) in [6.07, 6.45) is 4.59. The fourth-order valence-corrected chi connectivity index (χ4v) is 3.52. The van der Waals surface area contributed by atoms with Gasteiger partial charge in [-0.2, -0.15) is 0 Å². The van der Waals surface area contributed by atoms with Gasteiger partial charge < -0.3 is 19.2 Å². The van der Waals surface area contributed by atoms with Crippen molar-refractivity contribution in [2.24, 2.45) is 0 Å². The number of ether oxygens (including phenoxy) is 1. The lowest BCUT2D eigenvalue weighted by atomic mass is 10.1. The molecule has 158 valence electrons. The van der Waals surface area contributed by atoms with E-state index in [-0.39, 0.29) is 12.3 Å². The molecule has 0 radical (unpaired) electrons. The molecule has 0 spiro atoms. The molecule has 0 saturated carbocycles. The molecule has 6 nitrogen and oxygen atoms in total. The Morgan fingerprint density at radius 2 is 1.80 bits per heavy atom. The van der Waals surface area contributed by atoms with Gasteiger partial charge in [0.1, 0.15) is 0 Å². The topological polar surface area (TPSA) is 80.0 Å². The van der Waals surface area contributed by atoms with E-state index in [2.05, 4.69) is 12.1 Å². The number of fused-ring (bicyclic) bond motifs is 1. The van der Waals surface area contributed by atoms with Crippen LogP contribution < -0.4 is 4.74 Å². The van der Waals surface area contributed by atoms with Crippen LogP contribution in [0.3, 0.4) is 0 Å². The molecule has 6 heteroatoms. The normalized spacial score (nSPS) is 10.8. The summed E-state index contributed by atoms with van der Waals surface area (Å²) in [5.41, 5.74) is 2.39. The van der Waals surface area contributed by atoms with Crippen LogP contribution in [0.2, 0.25) is 0 Å². The Morgan fingerprint density at radius 3 is 2.53 bits per heavy atom. The van der Waals surface area contributed by atoms with Crippen LogP contribution in [-0.4, -0.2) is 42.1 Å². The van der Waals surface area contributed by atoms with Crippen LogP contribution in [0, 0.1) is 0 Å². The van der Waals surface area contributed by atoms with Gasteiger partial charge >= 0.3 is 5.97 Å². The van der Waals surface area contributed by atoms with Crippen LogP contribution in [0.1, 0.15) is 41.6 Å². The smallest absolute Gasteiger partial charge is 0.303 e. The van der Waals surface area contributed by atoms with E-state index < -0.39 is 5.97 Å². The number of rotatable bonds is 11. The molecule has 0 unspecified atom stereocenters. The van der Waals surface area contributed by atoms with Crippen molar-refractivity contribution in [1.29, 1.82) is 0 Å². The third-order valence-corrected chi connectivity index (χ3v) is 5.08. The molecule has 0 saturated heterocycles. The van der Waals surface area contributed by atoms with Crippen molar-refractivity contribution in [2.75, 3.05) is 20.2 Å². The number of carboxylic acids is 1. The standard InChI is InChI=1S/C24H27NO5/c1-29-21-17-20(16-19-12-15-30-23(19)21)24(28)25(13-6-5-11-22(26)27)14-7-10-18-8-3-2-4-9-18/h2-4,8-9,12,15-17H,5-7,10-11,13-14H2,1H3,(H,26,27). The number of furan rings is 1. The number of carboxylic acid groups (broad SMARTS) is 1. The van der Waals surface area contributed by atoms with Gasteiger partial charge in [-0.25, -0.2) is 0 Å². The van der Waals surface area contributed by atoms with Crippen LogP contribution in [0.15, 0.2) is 59.2 Å². The molecule has 0 aliphatic heterocycles. The molecular weight excluding hydrogens is 382 g/mol. The Morgan fingerprint density at radius 1 is 1.03 bits per heavy atom. The molecule has 0 fully saturated rings. The van der Waals surface area contributed by atoms with Gasteiger partial charge in [0.15, 0.2) is 11.3 Å². The first-order valence-electron chi connectivity index (χ1n) is 10.2. The van der Waals surface area contributed by atoms with Crippen molar-refractivity contribution >= 4 is 22.8 Å². The summed E-state index contributed by atoms with van der Waals surface area (Å²) in [6, 6.07) is 15.5. The minimum Gasteiger partial charge on any atom is -0.493 e. The van der Waals surface area contributed by atoms with Crippen molar-refractivity contribution in [3.8, 4) is 5.75 Å². The molecule has 1 amide bonds. The maximum atomic E-state index is 13.3. The lowest BCUT2D eigenvalue weighted by molar-refractivity contribution is -0.137. The molecule has 30 heavy (non-hydrogen) atoms. The molecule has 0 atom stereocenters. The third kappa shape index (κ3) is 5.63. The van der Waals surface area contributed by atoms with Crippen LogP contribution in [-0.2, 0) is 11.2 Å². The zero-order valence-corrected chi connectivity index (χ0v) is 17.2. The van der Waals surface area contributed by atoms with Gasteiger partial charge in [-0.1, -0.05) is 30.3 Å². The van der Waals surface area contributed by atoms with Crippen molar-refractivity contribution in [2.45, 2.75) is 32.1 Å². The Hall–Kier alpha value is -3.28. The molecule has 3 rings (SSSR count). The number of amides is 1. The summed E-state index contributed by atoms with van der Waals surface area (Å²) in [7, 11) is 1.55. The number of carbonyl (C=O) groups excluding carboxylic acids is 1. The second-order valence-electron chi connectivity index (χ2n) is 7.25. The maximum Gasteiger partial charge on any atom is 0.303 e. The van der Waals surface area contributed by atoms with Crippen molar-refractivity contribution in [3.63, 3.8) is 0 Å². The van der Waals surface area contributed by atoms with Crippen LogP contribution in [0.25, 0.3) is 11.0 Å². The molecule has 0 aliphatic rings. The molecule has 1 aromatic heterocycles. The highest BCUT2D eigenvalue weighted by molar-refractivity contribution is 5.99. The molecule has 1 heterocycles. The first kappa shape index (κ1) is 21.4. The summed E-state index contributed by atoms with van der Waals surface area (Å²) in [6.45, 7) is 1.12. The summed E-state index contributed by atoms with van der Waals surface area (Å²) in [5.74, 6) is -0.372. The second kappa shape index (κ2) is 10.5. The molecule has 1 N–H and O–H groups in total. The number of unbranched alkanes of at least 4 members (excludes halogenated alkanes) is 1. The molecular formula is C24H27NO5. The first-order chi connectivity index (χ1) is 14.6. The lowest BCUT2D eigenvalue weighted by Crippen LogP contribution is -2.33. The monoisotopic (exact) mass is 409 g/mol. The summed E-state index contributed by atoms with van der Waals surface area (Å²) in [4.78, 5) is 25.9. The Kier molecular flexibility index (Phi) is 7.49. The maximum absolute atomic E-state index is 13.3. The van der Waals surface area contributed by atoms with E-state index in [1.165, 1.54) is 5.56 Å². The summed E-state index contributed by atoms with van der Waals surface area (Å²) >= 11 is 0. The van der Waals surface area contributed by atoms with E-state index in [0.29, 0.717) is 42.8 Å². The molecule has 0 aliphatic carbocycles. The Labute approximate surface area is 176 Å². The van der Waals surface area contributed by atoms with Crippen molar-refractivity contribution in [3.05, 3.63) is 65.9 Å². The van der Waals surface area contributed by atoms with Gasteiger partial charge in [-0.15, -0.1) is 0 Å². The van der Waals surface area contributed by atoms with Crippen LogP contribution >= 0.6 is 0 Å². The van der Waals surface area contributed by atoms with E-state index in [1.54, 1.807) is 25.5 Å². The fourth-order valence-electron chi connectivity index (χ4n) is 3.52. The van der Waals surface area contributed by atoms with Gasteiger partial charge in [0.25, 0.3) is 5.91 Å².